The van der Waals surface area contributed by atoms with Gasteiger partial charge in [-0.15, -0.1) is 22.9 Å². The van der Waals surface area contributed by atoms with Gasteiger partial charge >= 0.3 is 0 Å². The van der Waals surface area contributed by atoms with Gasteiger partial charge in [-0.2, -0.15) is 0 Å². The van der Waals surface area contributed by atoms with Crippen molar-refractivity contribution in [3.05, 3.63) is 11.1 Å². The molecule has 0 atom stereocenters. The standard InChI is InChI=1S/C11H17ClN2S/c1-11(2)4-3-5-14(8-11)10-13-9(6-12)7-15-10/h7H,3-6,8H2,1-2H3. The highest BCUT2D eigenvalue weighted by atomic mass is 35.5. The Kier molecular flexibility index (Phi) is 3.21. The number of piperidine rings is 1. The topological polar surface area (TPSA) is 16.1 Å². The van der Waals surface area contributed by atoms with E-state index in [-0.39, 0.29) is 0 Å². The summed E-state index contributed by atoms with van der Waals surface area (Å²) >= 11 is 7.47. The lowest BCUT2D eigenvalue weighted by Crippen LogP contribution is -2.40. The van der Waals surface area contributed by atoms with Crippen LogP contribution in [0.2, 0.25) is 0 Å². The van der Waals surface area contributed by atoms with E-state index in [9.17, 15) is 0 Å². The number of halogens is 1. The van der Waals surface area contributed by atoms with E-state index in [0.717, 1.165) is 23.9 Å². The molecule has 0 aliphatic carbocycles. The van der Waals surface area contributed by atoms with Gasteiger partial charge < -0.3 is 4.90 Å². The normalized spacial score (nSPS) is 20.6. The van der Waals surface area contributed by atoms with Gasteiger partial charge in [0.2, 0.25) is 0 Å². The first-order valence-electron chi connectivity index (χ1n) is 5.36. The Hall–Kier alpha value is -0.280. The lowest BCUT2D eigenvalue weighted by atomic mass is 9.84. The van der Waals surface area contributed by atoms with Gasteiger partial charge in [0.1, 0.15) is 0 Å². The molecule has 84 valence electrons. The van der Waals surface area contributed by atoms with Crippen LogP contribution in [0.15, 0.2) is 5.38 Å². The lowest BCUT2D eigenvalue weighted by molar-refractivity contribution is 0.293. The van der Waals surface area contributed by atoms with Gasteiger partial charge in [-0.25, -0.2) is 4.98 Å². The molecular weight excluding hydrogens is 228 g/mol. The number of hydrogen-bond acceptors (Lipinski definition) is 3. The van der Waals surface area contributed by atoms with Crippen molar-refractivity contribution in [2.45, 2.75) is 32.6 Å². The molecule has 0 bridgehead atoms. The average Bonchev–Trinajstić information content (AvgIpc) is 2.64. The van der Waals surface area contributed by atoms with Crippen LogP contribution in [0.5, 0.6) is 0 Å². The van der Waals surface area contributed by atoms with Crippen LogP contribution in [0, 0.1) is 5.41 Å². The highest BCUT2D eigenvalue weighted by molar-refractivity contribution is 7.13. The second-order valence-electron chi connectivity index (χ2n) is 4.94. The van der Waals surface area contributed by atoms with Gasteiger partial charge in [0, 0.05) is 18.5 Å². The minimum Gasteiger partial charge on any atom is -0.348 e. The van der Waals surface area contributed by atoms with Crippen LogP contribution < -0.4 is 4.90 Å². The largest absolute Gasteiger partial charge is 0.348 e. The van der Waals surface area contributed by atoms with Crippen LogP contribution in [0.25, 0.3) is 0 Å². The summed E-state index contributed by atoms with van der Waals surface area (Å²) in [5.74, 6) is 0.522. The Bertz CT molecular complexity index is 335. The molecule has 0 radical (unpaired) electrons. The van der Waals surface area contributed by atoms with Crippen LogP contribution in [0.3, 0.4) is 0 Å². The van der Waals surface area contributed by atoms with Gasteiger partial charge in [0.05, 0.1) is 11.6 Å². The number of alkyl halides is 1. The Balaban J connectivity index is 2.10. The fraction of sp³-hybridized carbons (Fsp3) is 0.727. The maximum absolute atomic E-state index is 5.76. The molecule has 1 aliphatic rings. The Morgan fingerprint density at radius 3 is 3.00 bits per heavy atom. The summed E-state index contributed by atoms with van der Waals surface area (Å²) in [4.78, 5) is 6.92. The molecule has 0 amide bonds. The van der Waals surface area contributed by atoms with Crippen LogP contribution in [-0.2, 0) is 5.88 Å². The van der Waals surface area contributed by atoms with Crippen molar-refractivity contribution in [1.29, 1.82) is 0 Å². The highest BCUT2D eigenvalue weighted by Crippen LogP contribution is 2.32. The average molecular weight is 245 g/mol. The molecule has 1 aliphatic heterocycles. The van der Waals surface area contributed by atoms with Crippen LogP contribution >= 0.6 is 22.9 Å². The monoisotopic (exact) mass is 244 g/mol. The van der Waals surface area contributed by atoms with E-state index in [4.69, 9.17) is 11.6 Å². The van der Waals surface area contributed by atoms with E-state index in [1.54, 1.807) is 11.3 Å². The molecule has 1 aromatic rings. The zero-order chi connectivity index (χ0) is 10.9. The Morgan fingerprint density at radius 2 is 2.40 bits per heavy atom. The molecule has 2 rings (SSSR count). The second-order valence-corrected chi connectivity index (χ2v) is 6.05. The molecule has 2 heterocycles. The number of anilines is 1. The van der Waals surface area contributed by atoms with E-state index in [0.29, 0.717) is 11.3 Å². The van der Waals surface area contributed by atoms with Gasteiger partial charge in [0.15, 0.2) is 5.13 Å². The number of thiazole rings is 1. The smallest absolute Gasteiger partial charge is 0.185 e. The number of aromatic nitrogens is 1. The van der Waals surface area contributed by atoms with Crippen molar-refractivity contribution in [1.82, 2.24) is 4.98 Å². The minimum atomic E-state index is 0.422. The van der Waals surface area contributed by atoms with Gasteiger partial charge in [-0.3, -0.25) is 0 Å². The van der Waals surface area contributed by atoms with Crippen molar-refractivity contribution < 1.29 is 0 Å². The van der Waals surface area contributed by atoms with Gasteiger partial charge in [-0.05, 0) is 18.3 Å². The third-order valence-corrected chi connectivity index (χ3v) is 4.07. The van der Waals surface area contributed by atoms with Crippen molar-refractivity contribution in [2.75, 3.05) is 18.0 Å². The molecule has 0 unspecified atom stereocenters. The maximum atomic E-state index is 5.76. The molecule has 0 spiro atoms. The Labute approximate surface area is 100 Å². The SMILES string of the molecule is CC1(C)CCCN(c2nc(CCl)cs2)C1. The maximum Gasteiger partial charge on any atom is 0.185 e. The summed E-state index contributed by atoms with van der Waals surface area (Å²) in [6.45, 7) is 6.91. The molecule has 2 nitrogen and oxygen atoms in total. The first-order valence-corrected chi connectivity index (χ1v) is 6.77. The van der Waals surface area contributed by atoms with Crippen LogP contribution in [0.1, 0.15) is 32.4 Å². The van der Waals surface area contributed by atoms with Crippen LogP contribution in [-0.4, -0.2) is 18.1 Å². The minimum absolute atomic E-state index is 0.422. The van der Waals surface area contributed by atoms with E-state index < -0.39 is 0 Å². The molecule has 1 aromatic heterocycles. The van der Waals surface area contributed by atoms with Crippen molar-refractivity contribution in [3.63, 3.8) is 0 Å². The quantitative estimate of drug-likeness (QED) is 0.741. The highest BCUT2D eigenvalue weighted by Gasteiger charge is 2.27. The van der Waals surface area contributed by atoms with Gasteiger partial charge in [-0.1, -0.05) is 13.8 Å². The molecule has 1 saturated heterocycles. The lowest BCUT2D eigenvalue weighted by Gasteiger charge is -2.37. The van der Waals surface area contributed by atoms with E-state index >= 15 is 0 Å². The van der Waals surface area contributed by atoms with E-state index in [2.05, 4.69) is 29.1 Å². The van der Waals surface area contributed by atoms with Crippen molar-refractivity contribution in [3.8, 4) is 0 Å². The number of nitrogens with zero attached hydrogens (tertiary/aromatic N) is 2. The van der Waals surface area contributed by atoms with E-state index in [1.165, 1.54) is 12.8 Å². The summed E-state index contributed by atoms with van der Waals surface area (Å²) in [5, 5.41) is 3.20. The molecule has 15 heavy (non-hydrogen) atoms. The van der Waals surface area contributed by atoms with E-state index in [1.807, 2.05) is 0 Å². The molecule has 0 N–H and O–H groups in total. The molecular formula is C11H17ClN2S. The third-order valence-electron chi connectivity index (χ3n) is 2.85. The van der Waals surface area contributed by atoms with Crippen LogP contribution in [0.4, 0.5) is 5.13 Å². The molecule has 0 aromatic carbocycles. The summed E-state index contributed by atoms with van der Waals surface area (Å²) < 4.78 is 0. The first kappa shape index (κ1) is 11.2. The number of hydrogen-bond donors (Lipinski definition) is 0. The second kappa shape index (κ2) is 4.30. The van der Waals surface area contributed by atoms with Crippen molar-refractivity contribution >= 4 is 28.1 Å². The number of rotatable bonds is 2. The van der Waals surface area contributed by atoms with Crippen molar-refractivity contribution in [2.24, 2.45) is 5.41 Å². The van der Waals surface area contributed by atoms with Gasteiger partial charge in [0.25, 0.3) is 0 Å². The summed E-state index contributed by atoms with van der Waals surface area (Å²) in [6, 6.07) is 0. The predicted octanol–water partition coefficient (Wildman–Crippen LogP) is 3.51. The predicted molar refractivity (Wildman–Crippen MR) is 66.9 cm³/mol. The summed E-state index contributed by atoms with van der Waals surface area (Å²) in [5.41, 5.74) is 1.42. The fourth-order valence-corrected chi connectivity index (χ4v) is 3.17. The summed E-state index contributed by atoms with van der Waals surface area (Å²) in [7, 11) is 0. The molecule has 1 fully saturated rings. The fourth-order valence-electron chi connectivity index (χ4n) is 2.09. The Morgan fingerprint density at radius 1 is 1.60 bits per heavy atom. The summed E-state index contributed by atoms with van der Waals surface area (Å²) in [6.07, 6.45) is 2.58. The molecule has 0 saturated carbocycles. The molecule has 4 heteroatoms. The zero-order valence-electron chi connectivity index (χ0n) is 9.29. The first-order chi connectivity index (χ1) is 7.11. The third kappa shape index (κ3) is 2.64. The zero-order valence-corrected chi connectivity index (χ0v) is 10.9.